The van der Waals surface area contributed by atoms with Crippen LogP contribution in [-0.2, 0) is 7.05 Å². The minimum Gasteiger partial charge on any atom is -0.494 e. The number of hydrogen-bond acceptors (Lipinski definition) is 5. The molecular formula is C23H17N5O3. The molecule has 8 nitrogen and oxygen atoms in total. The Bertz CT molecular complexity index is 1480. The van der Waals surface area contributed by atoms with Gasteiger partial charge >= 0.3 is 0 Å². The number of imidazole rings is 1. The molecule has 0 aliphatic heterocycles. The minimum atomic E-state index is -0.457. The largest absolute Gasteiger partial charge is 0.494 e. The number of nitro groups is 1. The summed E-state index contributed by atoms with van der Waals surface area (Å²) < 4.78 is 1.92. The second-order valence-corrected chi connectivity index (χ2v) is 7.19. The zero-order chi connectivity index (χ0) is 21.5. The Kier molecular flexibility index (Phi) is 4.25. The van der Waals surface area contributed by atoms with E-state index >= 15 is 0 Å². The van der Waals surface area contributed by atoms with Crippen LogP contribution < -0.4 is 0 Å². The van der Waals surface area contributed by atoms with E-state index in [1.807, 2.05) is 60.1 Å². The van der Waals surface area contributed by atoms with Gasteiger partial charge in [-0.15, -0.1) is 0 Å². The monoisotopic (exact) mass is 411 g/mol. The van der Waals surface area contributed by atoms with E-state index in [4.69, 9.17) is 4.99 Å². The van der Waals surface area contributed by atoms with Crippen molar-refractivity contribution in [1.82, 2.24) is 14.5 Å². The lowest BCUT2D eigenvalue weighted by Crippen LogP contribution is -2.03. The van der Waals surface area contributed by atoms with Crippen molar-refractivity contribution in [3.8, 4) is 5.88 Å². The summed E-state index contributed by atoms with van der Waals surface area (Å²) in [4.78, 5) is 23.0. The van der Waals surface area contributed by atoms with Gasteiger partial charge in [0, 0.05) is 35.6 Å². The Morgan fingerprint density at radius 2 is 1.94 bits per heavy atom. The van der Waals surface area contributed by atoms with Crippen LogP contribution in [0.5, 0.6) is 5.88 Å². The number of aryl methyl sites for hydroxylation is 1. The maximum Gasteiger partial charge on any atom is 0.270 e. The molecule has 0 saturated heterocycles. The molecule has 8 heteroatoms. The summed E-state index contributed by atoms with van der Waals surface area (Å²) >= 11 is 0. The summed E-state index contributed by atoms with van der Waals surface area (Å²) in [5.41, 5.74) is 4.64. The SMILES string of the molecule is Cn1cnc2cc(N=C(c3ccccc3)c3c(O)[nH]c4ccc([N+](=O)[O-])cc34)ccc21. The molecule has 0 atom stereocenters. The molecule has 31 heavy (non-hydrogen) atoms. The number of nitrogens with zero attached hydrogens (tertiary/aromatic N) is 4. The number of benzene rings is 3. The summed E-state index contributed by atoms with van der Waals surface area (Å²) in [5.74, 6) is -0.1000. The van der Waals surface area contributed by atoms with Gasteiger partial charge < -0.3 is 14.7 Å². The van der Waals surface area contributed by atoms with E-state index in [-0.39, 0.29) is 11.6 Å². The summed E-state index contributed by atoms with van der Waals surface area (Å²) in [7, 11) is 1.92. The number of nitrogens with one attached hydrogen (secondary N) is 1. The third-order valence-electron chi connectivity index (χ3n) is 5.21. The van der Waals surface area contributed by atoms with E-state index < -0.39 is 4.92 Å². The second-order valence-electron chi connectivity index (χ2n) is 7.19. The minimum absolute atomic E-state index is 0.0601. The van der Waals surface area contributed by atoms with Crippen LogP contribution in [0.1, 0.15) is 11.1 Å². The normalized spacial score (nSPS) is 12.0. The summed E-state index contributed by atoms with van der Waals surface area (Å²) in [6, 6.07) is 19.5. The number of fused-ring (bicyclic) bond motifs is 2. The van der Waals surface area contributed by atoms with Crippen molar-refractivity contribution in [3.63, 3.8) is 0 Å². The van der Waals surface area contributed by atoms with Gasteiger partial charge in [0.25, 0.3) is 5.69 Å². The maximum absolute atomic E-state index is 11.3. The Balaban J connectivity index is 1.77. The molecule has 0 amide bonds. The van der Waals surface area contributed by atoms with Gasteiger partial charge in [-0.2, -0.15) is 0 Å². The van der Waals surface area contributed by atoms with E-state index in [0.29, 0.717) is 27.9 Å². The highest BCUT2D eigenvalue weighted by Gasteiger charge is 2.21. The van der Waals surface area contributed by atoms with Gasteiger partial charge in [0.2, 0.25) is 0 Å². The third kappa shape index (κ3) is 3.20. The van der Waals surface area contributed by atoms with Crippen molar-refractivity contribution in [3.05, 3.63) is 94.3 Å². The van der Waals surface area contributed by atoms with Gasteiger partial charge in [-0.3, -0.25) is 10.1 Å². The second kappa shape index (κ2) is 7.10. The molecule has 3 aromatic carbocycles. The van der Waals surface area contributed by atoms with Crippen LogP contribution in [-0.4, -0.2) is 30.3 Å². The van der Waals surface area contributed by atoms with Crippen molar-refractivity contribution >= 4 is 39.0 Å². The summed E-state index contributed by atoms with van der Waals surface area (Å²) in [5, 5.41) is 22.6. The smallest absolute Gasteiger partial charge is 0.270 e. The zero-order valence-corrected chi connectivity index (χ0v) is 16.5. The van der Waals surface area contributed by atoms with Crippen LogP contribution in [0.2, 0.25) is 0 Å². The average Bonchev–Trinajstić information content (AvgIpc) is 3.30. The highest BCUT2D eigenvalue weighted by Crippen LogP contribution is 2.34. The highest BCUT2D eigenvalue weighted by atomic mass is 16.6. The first-order chi connectivity index (χ1) is 15.0. The van der Waals surface area contributed by atoms with E-state index in [1.165, 1.54) is 12.1 Å². The molecule has 5 aromatic rings. The van der Waals surface area contributed by atoms with Crippen LogP contribution in [0, 0.1) is 10.1 Å². The number of hydrogen-bond donors (Lipinski definition) is 2. The van der Waals surface area contributed by atoms with Gasteiger partial charge in [0.15, 0.2) is 5.88 Å². The lowest BCUT2D eigenvalue weighted by Gasteiger charge is -2.08. The number of aromatic amines is 1. The zero-order valence-electron chi connectivity index (χ0n) is 16.5. The van der Waals surface area contributed by atoms with Crippen molar-refractivity contribution in [2.45, 2.75) is 0 Å². The fraction of sp³-hybridized carbons (Fsp3) is 0.0435. The highest BCUT2D eigenvalue weighted by molar-refractivity contribution is 6.22. The average molecular weight is 411 g/mol. The van der Waals surface area contributed by atoms with Gasteiger partial charge in [0.05, 0.1) is 39.2 Å². The topological polar surface area (TPSA) is 109 Å². The Labute approximate surface area is 176 Å². The van der Waals surface area contributed by atoms with Crippen LogP contribution in [0.3, 0.4) is 0 Å². The summed E-state index contributed by atoms with van der Waals surface area (Å²) in [6.45, 7) is 0. The standard InChI is InChI=1S/C23H17N5O3/c1-27-13-24-19-11-15(7-10-20(19)27)25-22(14-5-3-2-4-6-14)21-17-12-16(28(30)31)8-9-18(17)26-23(21)29/h2-13,26,29H,1H3. The number of aromatic hydroxyl groups is 1. The molecule has 5 rings (SSSR count). The lowest BCUT2D eigenvalue weighted by molar-refractivity contribution is -0.384. The van der Waals surface area contributed by atoms with Crippen LogP contribution in [0.15, 0.2) is 78.0 Å². The van der Waals surface area contributed by atoms with Gasteiger partial charge in [0.1, 0.15) is 0 Å². The van der Waals surface area contributed by atoms with E-state index in [9.17, 15) is 15.2 Å². The van der Waals surface area contributed by atoms with Gasteiger partial charge in [-0.25, -0.2) is 9.98 Å². The third-order valence-corrected chi connectivity index (χ3v) is 5.21. The van der Waals surface area contributed by atoms with E-state index in [2.05, 4.69) is 9.97 Å². The van der Waals surface area contributed by atoms with Crippen LogP contribution >= 0.6 is 0 Å². The Hall–Kier alpha value is -4.46. The number of nitro benzene ring substituents is 1. The molecule has 0 aliphatic carbocycles. The van der Waals surface area contributed by atoms with Crippen molar-refractivity contribution < 1.29 is 10.0 Å². The molecule has 2 aromatic heterocycles. The lowest BCUT2D eigenvalue weighted by atomic mass is 10.0. The van der Waals surface area contributed by atoms with Gasteiger partial charge in [-0.05, 0) is 24.3 Å². The van der Waals surface area contributed by atoms with Crippen LogP contribution in [0.4, 0.5) is 11.4 Å². The predicted molar refractivity (Wildman–Crippen MR) is 119 cm³/mol. The number of H-pyrrole nitrogens is 1. The number of aromatic nitrogens is 3. The van der Waals surface area contributed by atoms with Crippen molar-refractivity contribution in [2.75, 3.05) is 0 Å². The van der Waals surface area contributed by atoms with Gasteiger partial charge in [-0.1, -0.05) is 30.3 Å². The molecular weight excluding hydrogens is 394 g/mol. The summed E-state index contributed by atoms with van der Waals surface area (Å²) in [6.07, 6.45) is 1.74. The maximum atomic E-state index is 11.3. The molecule has 2 heterocycles. The van der Waals surface area contributed by atoms with Crippen molar-refractivity contribution in [1.29, 1.82) is 0 Å². The molecule has 0 radical (unpaired) electrons. The molecule has 0 bridgehead atoms. The molecule has 0 spiro atoms. The first-order valence-electron chi connectivity index (χ1n) is 9.56. The molecule has 2 N–H and O–H groups in total. The van der Waals surface area contributed by atoms with E-state index in [0.717, 1.165) is 16.6 Å². The first kappa shape index (κ1) is 18.6. The fourth-order valence-electron chi connectivity index (χ4n) is 3.70. The number of rotatable bonds is 4. The first-order valence-corrected chi connectivity index (χ1v) is 9.56. The predicted octanol–water partition coefficient (Wildman–Crippen LogP) is 4.84. The molecule has 0 fully saturated rings. The molecule has 152 valence electrons. The number of aliphatic imine (C=N–C) groups is 1. The Morgan fingerprint density at radius 3 is 2.71 bits per heavy atom. The van der Waals surface area contributed by atoms with Crippen molar-refractivity contribution in [2.24, 2.45) is 12.0 Å². The van der Waals surface area contributed by atoms with Crippen LogP contribution in [0.25, 0.3) is 21.9 Å². The quantitative estimate of drug-likeness (QED) is 0.251. The Morgan fingerprint density at radius 1 is 1.13 bits per heavy atom. The fourth-order valence-corrected chi connectivity index (χ4v) is 3.70. The molecule has 0 aliphatic rings. The molecule has 0 unspecified atom stereocenters. The molecule has 0 saturated carbocycles. The number of non-ortho nitro benzene ring substituents is 1. The van der Waals surface area contributed by atoms with E-state index in [1.54, 1.807) is 12.4 Å².